The molecule has 0 spiro atoms. The Morgan fingerprint density at radius 1 is 1.19 bits per heavy atom. The molecule has 2 aromatic heterocycles. The summed E-state index contributed by atoms with van der Waals surface area (Å²) in [7, 11) is 3.27. The number of para-hydroxylation sites is 1. The van der Waals surface area contributed by atoms with Crippen LogP contribution in [0.1, 0.15) is 10.5 Å². The highest BCUT2D eigenvalue weighted by Gasteiger charge is 2.16. The molecule has 4 aromatic rings. The van der Waals surface area contributed by atoms with Gasteiger partial charge in [0.1, 0.15) is 5.69 Å². The lowest BCUT2D eigenvalue weighted by atomic mass is 10.1. The Bertz CT molecular complexity index is 1100. The second-order valence-corrected chi connectivity index (χ2v) is 5.93. The molecule has 7 nitrogen and oxygen atoms in total. The maximum absolute atomic E-state index is 12.8. The van der Waals surface area contributed by atoms with Crippen LogP contribution < -0.4 is 10.2 Å². The number of amides is 1. The van der Waals surface area contributed by atoms with Gasteiger partial charge in [-0.2, -0.15) is 4.89 Å². The molecule has 0 aliphatic heterocycles. The number of oxazole rings is 1. The third kappa shape index (κ3) is 3.16. The van der Waals surface area contributed by atoms with Gasteiger partial charge in [-0.05, 0) is 24.3 Å². The van der Waals surface area contributed by atoms with Crippen LogP contribution in [-0.2, 0) is 11.9 Å². The van der Waals surface area contributed by atoms with Crippen LogP contribution in [0.15, 0.2) is 65.5 Å². The Morgan fingerprint density at radius 3 is 2.78 bits per heavy atom. The van der Waals surface area contributed by atoms with Crippen LogP contribution in [0.3, 0.4) is 0 Å². The molecule has 0 aliphatic rings. The van der Waals surface area contributed by atoms with E-state index >= 15 is 0 Å². The van der Waals surface area contributed by atoms with E-state index < -0.39 is 0 Å². The van der Waals surface area contributed by atoms with E-state index in [0.717, 1.165) is 10.9 Å². The van der Waals surface area contributed by atoms with Gasteiger partial charge in [-0.3, -0.25) is 4.79 Å². The van der Waals surface area contributed by atoms with E-state index in [4.69, 9.17) is 14.2 Å². The SMILES string of the molecule is COOc1cc(NC(=O)c2cc3ccccc3n2C)ccc1-c1cnco1. The second-order valence-electron chi connectivity index (χ2n) is 5.93. The highest BCUT2D eigenvalue weighted by Crippen LogP contribution is 2.33. The minimum atomic E-state index is -0.218. The van der Waals surface area contributed by atoms with Crippen LogP contribution in [0.2, 0.25) is 0 Å². The smallest absolute Gasteiger partial charge is 0.272 e. The van der Waals surface area contributed by atoms with Gasteiger partial charge in [-0.25, -0.2) is 4.98 Å². The number of aromatic nitrogens is 2. The van der Waals surface area contributed by atoms with Crippen LogP contribution >= 0.6 is 0 Å². The summed E-state index contributed by atoms with van der Waals surface area (Å²) in [5, 5.41) is 3.90. The third-order valence-corrected chi connectivity index (χ3v) is 4.29. The quantitative estimate of drug-likeness (QED) is 0.428. The fourth-order valence-corrected chi connectivity index (χ4v) is 3.01. The summed E-state index contributed by atoms with van der Waals surface area (Å²) in [6.07, 6.45) is 2.91. The van der Waals surface area contributed by atoms with Gasteiger partial charge in [0.05, 0.1) is 18.9 Å². The second kappa shape index (κ2) is 6.97. The number of hydrogen-bond donors (Lipinski definition) is 1. The molecule has 0 atom stereocenters. The average Bonchev–Trinajstić information content (AvgIpc) is 3.31. The molecule has 2 heterocycles. The number of hydrogen-bond acceptors (Lipinski definition) is 5. The summed E-state index contributed by atoms with van der Waals surface area (Å²) < 4.78 is 7.17. The van der Waals surface area contributed by atoms with E-state index in [9.17, 15) is 4.79 Å². The van der Waals surface area contributed by atoms with Crippen molar-refractivity contribution in [2.45, 2.75) is 0 Å². The van der Waals surface area contributed by atoms with E-state index in [2.05, 4.69) is 10.3 Å². The van der Waals surface area contributed by atoms with Crippen molar-refractivity contribution in [1.29, 1.82) is 0 Å². The summed E-state index contributed by atoms with van der Waals surface area (Å²) >= 11 is 0. The topological polar surface area (TPSA) is 78.5 Å². The maximum atomic E-state index is 12.8. The lowest BCUT2D eigenvalue weighted by molar-refractivity contribution is -0.177. The molecule has 0 saturated heterocycles. The molecule has 4 rings (SSSR count). The molecule has 0 aliphatic carbocycles. The highest BCUT2D eigenvalue weighted by molar-refractivity contribution is 6.06. The number of rotatable bonds is 5. The van der Waals surface area contributed by atoms with E-state index in [0.29, 0.717) is 28.5 Å². The van der Waals surface area contributed by atoms with Gasteiger partial charge >= 0.3 is 0 Å². The molecule has 0 radical (unpaired) electrons. The van der Waals surface area contributed by atoms with Crippen LogP contribution in [0.4, 0.5) is 5.69 Å². The first-order chi connectivity index (χ1) is 13.2. The van der Waals surface area contributed by atoms with Gasteiger partial charge in [-0.1, -0.05) is 18.2 Å². The lowest BCUT2D eigenvalue weighted by Gasteiger charge is -2.10. The molecule has 7 heteroatoms. The van der Waals surface area contributed by atoms with Crippen molar-refractivity contribution < 1.29 is 19.0 Å². The summed E-state index contributed by atoms with van der Waals surface area (Å²) in [5.41, 5.74) is 2.79. The Morgan fingerprint density at radius 2 is 2.04 bits per heavy atom. The number of carbonyl (C=O) groups excluding carboxylic acids is 1. The maximum Gasteiger partial charge on any atom is 0.272 e. The molecule has 0 fully saturated rings. The fraction of sp³-hybridized carbons (Fsp3) is 0.100. The molecule has 0 unspecified atom stereocenters. The molecule has 27 heavy (non-hydrogen) atoms. The Hall–Kier alpha value is -3.58. The number of carbonyl (C=O) groups is 1. The molecular weight excluding hydrogens is 346 g/mol. The first kappa shape index (κ1) is 16.9. The van der Waals surface area contributed by atoms with Gasteiger partial charge in [0.25, 0.3) is 5.91 Å². The number of nitrogens with one attached hydrogen (secondary N) is 1. The largest absolute Gasteiger partial charge is 0.443 e. The summed E-state index contributed by atoms with van der Waals surface area (Å²) in [5.74, 6) is 0.724. The fourth-order valence-electron chi connectivity index (χ4n) is 3.01. The minimum absolute atomic E-state index is 0.218. The minimum Gasteiger partial charge on any atom is -0.443 e. The predicted octanol–water partition coefficient (Wildman–Crippen LogP) is 4.03. The van der Waals surface area contributed by atoms with E-state index in [-0.39, 0.29) is 5.91 Å². The van der Waals surface area contributed by atoms with Crippen molar-refractivity contribution in [3.63, 3.8) is 0 Å². The van der Waals surface area contributed by atoms with Gasteiger partial charge in [0, 0.05) is 29.7 Å². The number of benzene rings is 2. The number of fused-ring (bicyclic) bond motifs is 1. The van der Waals surface area contributed by atoms with Crippen molar-refractivity contribution in [3.05, 3.63) is 66.8 Å². The zero-order valence-electron chi connectivity index (χ0n) is 14.8. The molecule has 0 saturated carbocycles. The van der Waals surface area contributed by atoms with Gasteiger partial charge < -0.3 is 19.2 Å². The van der Waals surface area contributed by atoms with Gasteiger partial charge in [0.15, 0.2) is 17.9 Å². The van der Waals surface area contributed by atoms with Crippen molar-refractivity contribution in [2.75, 3.05) is 12.4 Å². The monoisotopic (exact) mass is 363 g/mol. The van der Waals surface area contributed by atoms with Crippen LogP contribution in [0.5, 0.6) is 5.75 Å². The molecule has 1 amide bonds. The first-order valence-electron chi connectivity index (χ1n) is 8.27. The Balaban J connectivity index is 1.64. The Kier molecular flexibility index (Phi) is 4.35. The summed E-state index contributed by atoms with van der Waals surface area (Å²) in [6.45, 7) is 0. The molecule has 2 aromatic carbocycles. The van der Waals surface area contributed by atoms with Crippen molar-refractivity contribution in [3.8, 4) is 17.1 Å². The van der Waals surface area contributed by atoms with E-state index in [1.807, 2.05) is 41.9 Å². The van der Waals surface area contributed by atoms with Crippen LogP contribution in [-0.4, -0.2) is 22.6 Å². The predicted molar refractivity (Wildman–Crippen MR) is 100 cm³/mol. The summed E-state index contributed by atoms with van der Waals surface area (Å²) in [6, 6.07) is 14.9. The van der Waals surface area contributed by atoms with Crippen molar-refractivity contribution in [2.24, 2.45) is 7.05 Å². The normalized spacial score (nSPS) is 10.9. The third-order valence-electron chi connectivity index (χ3n) is 4.29. The standard InChI is InChI=1S/C20H17N3O4/c1-23-16-6-4-3-5-13(16)9-17(23)20(24)22-14-7-8-15(18(10-14)27-25-2)19-11-21-12-26-19/h3-12H,1-2H3,(H,22,24). The van der Waals surface area contributed by atoms with E-state index in [1.165, 1.54) is 13.5 Å². The van der Waals surface area contributed by atoms with Crippen molar-refractivity contribution in [1.82, 2.24) is 9.55 Å². The number of anilines is 1. The summed E-state index contributed by atoms with van der Waals surface area (Å²) in [4.78, 5) is 26.7. The molecule has 0 bridgehead atoms. The first-order valence-corrected chi connectivity index (χ1v) is 8.27. The number of aryl methyl sites for hydroxylation is 1. The molecule has 136 valence electrons. The van der Waals surface area contributed by atoms with Gasteiger partial charge in [-0.15, -0.1) is 0 Å². The molecule has 1 N–H and O–H groups in total. The lowest BCUT2D eigenvalue weighted by Crippen LogP contribution is -2.15. The number of nitrogens with zero attached hydrogens (tertiary/aromatic N) is 2. The van der Waals surface area contributed by atoms with E-state index in [1.54, 1.807) is 24.4 Å². The van der Waals surface area contributed by atoms with Crippen LogP contribution in [0, 0.1) is 0 Å². The Labute approximate surface area is 155 Å². The van der Waals surface area contributed by atoms with Crippen molar-refractivity contribution >= 4 is 22.5 Å². The zero-order valence-corrected chi connectivity index (χ0v) is 14.8. The van der Waals surface area contributed by atoms with Gasteiger partial charge in [0.2, 0.25) is 0 Å². The average molecular weight is 363 g/mol. The highest BCUT2D eigenvalue weighted by atomic mass is 17.2. The zero-order chi connectivity index (χ0) is 18.8. The molecular formula is C20H17N3O4. The van der Waals surface area contributed by atoms with Crippen LogP contribution in [0.25, 0.3) is 22.2 Å².